The predicted octanol–water partition coefficient (Wildman–Crippen LogP) is 2.53. The van der Waals surface area contributed by atoms with Crippen molar-refractivity contribution in [2.24, 2.45) is 0 Å². The van der Waals surface area contributed by atoms with Gasteiger partial charge in [0.25, 0.3) is 0 Å². The Labute approximate surface area is 110 Å². The van der Waals surface area contributed by atoms with Crippen molar-refractivity contribution in [3.8, 4) is 0 Å². The van der Waals surface area contributed by atoms with Crippen molar-refractivity contribution < 1.29 is 14.3 Å². The van der Waals surface area contributed by atoms with E-state index in [0.717, 1.165) is 32.1 Å². The molecule has 0 heterocycles. The van der Waals surface area contributed by atoms with Gasteiger partial charge in [-0.25, -0.2) is 0 Å². The third-order valence-electron chi connectivity index (χ3n) is 2.56. The lowest BCUT2D eigenvalue weighted by molar-refractivity contribution is -0.148. The number of carbonyl (C=O) groups excluding carboxylic acids is 2. The van der Waals surface area contributed by atoms with Gasteiger partial charge >= 0.3 is 5.97 Å². The molecule has 18 heavy (non-hydrogen) atoms. The lowest BCUT2D eigenvalue weighted by Crippen LogP contribution is -2.36. The van der Waals surface area contributed by atoms with Crippen LogP contribution in [0.5, 0.6) is 0 Å². The average molecular weight is 255 g/mol. The molecular weight excluding hydrogens is 230 g/mol. The molecule has 0 unspecified atom stereocenters. The highest BCUT2D eigenvalue weighted by Crippen LogP contribution is 2.00. The van der Waals surface area contributed by atoms with Crippen LogP contribution < -0.4 is 0 Å². The molecule has 0 aromatic heterocycles. The molecule has 0 atom stereocenters. The number of rotatable bonds is 10. The monoisotopic (exact) mass is 255 g/mol. The molecule has 0 aliphatic carbocycles. The Morgan fingerprint density at radius 3 is 2.44 bits per heavy atom. The molecule has 0 saturated heterocycles. The van der Waals surface area contributed by atoms with Gasteiger partial charge in [0, 0.05) is 6.54 Å². The molecule has 0 N–H and O–H groups in total. The zero-order valence-electron chi connectivity index (χ0n) is 11.6. The van der Waals surface area contributed by atoms with Gasteiger partial charge in [0.2, 0.25) is 5.91 Å². The Balaban J connectivity index is 3.87. The number of nitrogens with zero attached hydrogens (tertiary/aromatic N) is 1. The topological polar surface area (TPSA) is 46.6 Å². The molecule has 0 aromatic rings. The highest BCUT2D eigenvalue weighted by Gasteiger charge is 2.14. The van der Waals surface area contributed by atoms with Crippen molar-refractivity contribution in [2.45, 2.75) is 46.0 Å². The van der Waals surface area contributed by atoms with E-state index >= 15 is 0 Å². The molecule has 1 amide bonds. The lowest BCUT2D eigenvalue weighted by atomic mass is 10.2. The zero-order chi connectivity index (χ0) is 13.8. The molecule has 0 spiro atoms. The second kappa shape index (κ2) is 10.8. The van der Waals surface area contributed by atoms with E-state index in [1.54, 1.807) is 0 Å². The summed E-state index contributed by atoms with van der Waals surface area (Å²) in [5.41, 5.74) is 0. The fourth-order valence-electron chi connectivity index (χ4n) is 1.58. The first-order valence-corrected chi connectivity index (χ1v) is 6.72. The normalized spacial score (nSPS) is 9.89. The van der Waals surface area contributed by atoms with Gasteiger partial charge in [-0.1, -0.05) is 39.7 Å². The van der Waals surface area contributed by atoms with Crippen LogP contribution in [0.1, 0.15) is 46.0 Å². The fourth-order valence-corrected chi connectivity index (χ4v) is 1.58. The van der Waals surface area contributed by atoms with Crippen molar-refractivity contribution in [3.05, 3.63) is 12.7 Å². The summed E-state index contributed by atoms with van der Waals surface area (Å²) in [5, 5.41) is 0. The third kappa shape index (κ3) is 7.87. The molecule has 4 heteroatoms. The number of hydrogen-bond acceptors (Lipinski definition) is 3. The Bertz CT molecular complexity index is 264. The summed E-state index contributed by atoms with van der Waals surface area (Å²) < 4.78 is 5.09. The summed E-state index contributed by atoms with van der Waals surface area (Å²) in [4.78, 5) is 24.4. The first kappa shape index (κ1) is 16.7. The van der Waals surface area contributed by atoms with Gasteiger partial charge in [-0.05, 0) is 18.9 Å². The standard InChI is InChI=1S/C14H25NO3/c1-4-7-8-9-11-18-14(17)12-15(10-5-2)13(16)6-3/h6H,3-5,7-12H2,1-2H3. The summed E-state index contributed by atoms with van der Waals surface area (Å²) in [5.74, 6) is -0.560. The van der Waals surface area contributed by atoms with Gasteiger partial charge < -0.3 is 9.64 Å². The third-order valence-corrected chi connectivity index (χ3v) is 2.56. The summed E-state index contributed by atoms with van der Waals surface area (Å²) in [6, 6.07) is 0. The largest absolute Gasteiger partial charge is 0.464 e. The molecule has 0 aliphatic rings. The highest BCUT2D eigenvalue weighted by atomic mass is 16.5. The molecule has 0 fully saturated rings. The van der Waals surface area contributed by atoms with E-state index in [9.17, 15) is 9.59 Å². The molecule has 0 aromatic carbocycles. The van der Waals surface area contributed by atoms with E-state index in [4.69, 9.17) is 4.74 Å². The van der Waals surface area contributed by atoms with Crippen molar-refractivity contribution in [1.82, 2.24) is 4.90 Å². The van der Waals surface area contributed by atoms with Crippen LogP contribution in [-0.4, -0.2) is 36.5 Å². The van der Waals surface area contributed by atoms with Crippen LogP contribution in [-0.2, 0) is 14.3 Å². The quantitative estimate of drug-likeness (QED) is 0.342. The van der Waals surface area contributed by atoms with Crippen molar-refractivity contribution in [1.29, 1.82) is 0 Å². The van der Waals surface area contributed by atoms with Crippen molar-refractivity contribution in [2.75, 3.05) is 19.7 Å². The van der Waals surface area contributed by atoms with Gasteiger partial charge in [-0.3, -0.25) is 9.59 Å². The number of unbranched alkanes of at least 4 members (excludes halogenated alkanes) is 3. The average Bonchev–Trinajstić information content (AvgIpc) is 2.37. The Kier molecular flexibility index (Phi) is 10.0. The van der Waals surface area contributed by atoms with Crippen molar-refractivity contribution >= 4 is 11.9 Å². The van der Waals surface area contributed by atoms with Crippen LogP contribution >= 0.6 is 0 Å². The van der Waals surface area contributed by atoms with Crippen LogP contribution in [0, 0.1) is 0 Å². The zero-order valence-corrected chi connectivity index (χ0v) is 11.6. The maximum absolute atomic E-state index is 11.5. The SMILES string of the molecule is C=CC(=O)N(CCC)CC(=O)OCCCCCC. The minimum absolute atomic E-state index is 0.0203. The molecule has 0 saturated carbocycles. The van der Waals surface area contributed by atoms with Crippen LogP contribution in [0.15, 0.2) is 12.7 Å². The molecule has 0 aliphatic heterocycles. The minimum atomic E-state index is -0.338. The molecule has 0 rings (SSSR count). The summed E-state index contributed by atoms with van der Waals surface area (Å²) in [7, 11) is 0. The molecular formula is C14H25NO3. The number of esters is 1. The summed E-state index contributed by atoms with van der Waals surface area (Å²) in [6.45, 7) is 8.53. The first-order chi connectivity index (χ1) is 8.65. The second-order valence-corrected chi connectivity index (χ2v) is 4.25. The van der Waals surface area contributed by atoms with Gasteiger partial charge in [-0.2, -0.15) is 0 Å². The molecule has 104 valence electrons. The van der Waals surface area contributed by atoms with E-state index < -0.39 is 0 Å². The minimum Gasteiger partial charge on any atom is -0.464 e. The number of carbonyl (C=O) groups is 2. The molecule has 0 radical (unpaired) electrons. The second-order valence-electron chi connectivity index (χ2n) is 4.25. The maximum Gasteiger partial charge on any atom is 0.325 e. The molecule has 4 nitrogen and oxygen atoms in total. The van der Waals surface area contributed by atoms with E-state index in [1.807, 2.05) is 6.92 Å². The summed E-state index contributed by atoms with van der Waals surface area (Å²) in [6.07, 6.45) is 6.32. The van der Waals surface area contributed by atoms with E-state index in [0.29, 0.717) is 13.2 Å². The van der Waals surface area contributed by atoms with Gasteiger partial charge in [-0.15, -0.1) is 0 Å². The van der Waals surface area contributed by atoms with Crippen LogP contribution in [0.4, 0.5) is 0 Å². The Morgan fingerprint density at radius 1 is 1.17 bits per heavy atom. The van der Waals surface area contributed by atoms with Crippen LogP contribution in [0.3, 0.4) is 0 Å². The van der Waals surface area contributed by atoms with E-state index in [1.165, 1.54) is 11.0 Å². The smallest absolute Gasteiger partial charge is 0.325 e. The van der Waals surface area contributed by atoms with E-state index in [-0.39, 0.29) is 18.4 Å². The van der Waals surface area contributed by atoms with Crippen LogP contribution in [0.25, 0.3) is 0 Å². The van der Waals surface area contributed by atoms with Gasteiger partial charge in [0.15, 0.2) is 0 Å². The first-order valence-electron chi connectivity index (χ1n) is 6.72. The Morgan fingerprint density at radius 2 is 1.89 bits per heavy atom. The maximum atomic E-state index is 11.5. The molecule has 0 bridgehead atoms. The summed E-state index contributed by atoms with van der Waals surface area (Å²) >= 11 is 0. The Hall–Kier alpha value is -1.32. The number of amides is 1. The highest BCUT2D eigenvalue weighted by molar-refractivity contribution is 5.89. The van der Waals surface area contributed by atoms with Gasteiger partial charge in [0.1, 0.15) is 6.54 Å². The number of hydrogen-bond donors (Lipinski definition) is 0. The van der Waals surface area contributed by atoms with Gasteiger partial charge in [0.05, 0.1) is 6.61 Å². The fraction of sp³-hybridized carbons (Fsp3) is 0.714. The van der Waals surface area contributed by atoms with Crippen molar-refractivity contribution in [3.63, 3.8) is 0 Å². The lowest BCUT2D eigenvalue weighted by Gasteiger charge is -2.19. The van der Waals surface area contributed by atoms with E-state index in [2.05, 4.69) is 13.5 Å². The number of ether oxygens (including phenoxy) is 1. The van der Waals surface area contributed by atoms with Crippen LogP contribution in [0.2, 0.25) is 0 Å². The predicted molar refractivity (Wildman–Crippen MR) is 72.2 cm³/mol.